The maximum Gasteiger partial charge on any atom is 0.250 e. The molecule has 4 rings (SSSR count). The number of nitrogens with zero attached hydrogens (tertiary/aromatic N) is 4. The van der Waals surface area contributed by atoms with Crippen LogP contribution >= 0.6 is 11.8 Å². The summed E-state index contributed by atoms with van der Waals surface area (Å²) in [5.41, 5.74) is 6.00. The number of aromatic nitrogens is 3. The molecule has 8 heteroatoms. The van der Waals surface area contributed by atoms with Gasteiger partial charge in [0.25, 0.3) is 5.91 Å². The molecular formula is C24H21N5O2S. The van der Waals surface area contributed by atoms with Gasteiger partial charge in [0.15, 0.2) is 11.0 Å². The van der Waals surface area contributed by atoms with Crippen molar-refractivity contribution in [3.8, 4) is 22.8 Å². The number of aryl methyl sites for hydroxylation is 1. The maximum absolute atomic E-state index is 12.3. The molecule has 0 bridgehead atoms. The maximum atomic E-state index is 12.3. The second-order valence-corrected chi connectivity index (χ2v) is 7.93. The Balaban J connectivity index is 1.51. The Morgan fingerprint density at radius 3 is 2.50 bits per heavy atom. The van der Waals surface area contributed by atoms with E-state index in [0.29, 0.717) is 16.5 Å². The molecule has 4 aromatic rings. The number of rotatable bonds is 7. The summed E-state index contributed by atoms with van der Waals surface area (Å²) in [6, 6.07) is 24.6. The minimum absolute atomic E-state index is 0.0968. The topological polar surface area (TPSA) is 92.4 Å². The lowest BCUT2D eigenvalue weighted by molar-refractivity contribution is -0.118. The number of phenols is 1. The lowest BCUT2D eigenvalue weighted by atomic mass is 10.2. The van der Waals surface area contributed by atoms with Crippen molar-refractivity contribution in [2.45, 2.75) is 12.1 Å². The van der Waals surface area contributed by atoms with Crippen LogP contribution in [-0.2, 0) is 4.79 Å². The number of hydrogen-bond acceptors (Lipinski definition) is 6. The van der Waals surface area contributed by atoms with E-state index in [1.54, 1.807) is 24.3 Å². The smallest absolute Gasteiger partial charge is 0.250 e. The van der Waals surface area contributed by atoms with E-state index in [4.69, 9.17) is 0 Å². The molecule has 32 heavy (non-hydrogen) atoms. The molecule has 0 aliphatic carbocycles. The first-order valence-corrected chi connectivity index (χ1v) is 10.9. The summed E-state index contributed by atoms with van der Waals surface area (Å²) >= 11 is 1.27. The highest BCUT2D eigenvalue weighted by atomic mass is 32.2. The van der Waals surface area contributed by atoms with Crippen LogP contribution in [-0.4, -0.2) is 37.7 Å². The zero-order chi connectivity index (χ0) is 22.3. The van der Waals surface area contributed by atoms with Crippen LogP contribution in [0.4, 0.5) is 0 Å². The first-order chi connectivity index (χ1) is 15.6. The van der Waals surface area contributed by atoms with Crippen LogP contribution in [0.5, 0.6) is 5.75 Å². The fourth-order valence-electron chi connectivity index (χ4n) is 3.00. The Morgan fingerprint density at radius 1 is 1.03 bits per heavy atom. The average molecular weight is 444 g/mol. The fraction of sp³-hybridized carbons (Fsp3) is 0.0833. The average Bonchev–Trinajstić information content (AvgIpc) is 3.24. The fourth-order valence-corrected chi connectivity index (χ4v) is 3.74. The molecule has 2 N–H and O–H groups in total. The molecule has 3 aromatic carbocycles. The Kier molecular flexibility index (Phi) is 6.62. The molecule has 0 aliphatic rings. The number of para-hydroxylation sites is 1. The molecule has 0 atom stereocenters. The molecule has 0 saturated heterocycles. The molecule has 0 aliphatic heterocycles. The number of nitrogens with one attached hydrogen (secondary N) is 1. The first-order valence-electron chi connectivity index (χ1n) is 9.92. The third-order valence-electron chi connectivity index (χ3n) is 4.62. The lowest BCUT2D eigenvalue weighted by Gasteiger charge is -2.10. The van der Waals surface area contributed by atoms with Crippen molar-refractivity contribution < 1.29 is 9.90 Å². The Labute approximate surface area is 189 Å². The van der Waals surface area contributed by atoms with Gasteiger partial charge in [-0.1, -0.05) is 71.9 Å². The normalized spacial score (nSPS) is 11.0. The molecular weight excluding hydrogens is 422 g/mol. The zero-order valence-corrected chi connectivity index (χ0v) is 18.2. The highest BCUT2D eigenvalue weighted by molar-refractivity contribution is 7.99. The van der Waals surface area contributed by atoms with Gasteiger partial charge in [-0.3, -0.25) is 9.36 Å². The predicted molar refractivity (Wildman–Crippen MR) is 126 cm³/mol. The summed E-state index contributed by atoms with van der Waals surface area (Å²) in [7, 11) is 0. The van der Waals surface area contributed by atoms with Gasteiger partial charge in [-0.05, 0) is 31.2 Å². The van der Waals surface area contributed by atoms with Crippen LogP contribution < -0.4 is 5.43 Å². The second-order valence-electron chi connectivity index (χ2n) is 6.98. The molecule has 0 unspecified atom stereocenters. The third-order valence-corrected chi connectivity index (χ3v) is 5.55. The summed E-state index contributed by atoms with van der Waals surface area (Å²) in [5, 5.41) is 23.0. The van der Waals surface area contributed by atoms with Crippen molar-refractivity contribution in [2.24, 2.45) is 5.10 Å². The van der Waals surface area contributed by atoms with E-state index >= 15 is 0 Å². The van der Waals surface area contributed by atoms with Gasteiger partial charge in [0.05, 0.1) is 12.0 Å². The second kappa shape index (κ2) is 9.93. The van der Waals surface area contributed by atoms with Gasteiger partial charge in [-0.2, -0.15) is 5.10 Å². The van der Waals surface area contributed by atoms with E-state index in [2.05, 4.69) is 20.7 Å². The van der Waals surface area contributed by atoms with E-state index < -0.39 is 0 Å². The molecule has 0 fully saturated rings. The third kappa shape index (κ3) is 5.04. The Morgan fingerprint density at radius 2 is 1.75 bits per heavy atom. The molecule has 1 aromatic heterocycles. The quantitative estimate of drug-likeness (QED) is 0.254. The Bertz CT molecular complexity index is 1240. The summed E-state index contributed by atoms with van der Waals surface area (Å²) in [6.45, 7) is 2.03. The van der Waals surface area contributed by atoms with Gasteiger partial charge in [-0.25, -0.2) is 5.43 Å². The standard InChI is InChI=1S/C24H21N5O2S/c1-17-11-13-20(14-12-17)29-23(18-7-3-2-4-8-18)27-28-24(29)32-16-22(31)26-25-15-19-9-5-6-10-21(19)30/h2-15,30H,16H2,1H3,(H,26,31)/b25-15+. The van der Waals surface area contributed by atoms with Gasteiger partial charge >= 0.3 is 0 Å². The van der Waals surface area contributed by atoms with Crippen LogP contribution in [0.1, 0.15) is 11.1 Å². The van der Waals surface area contributed by atoms with Crippen molar-refractivity contribution in [1.29, 1.82) is 0 Å². The summed E-state index contributed by atoms with van der Waals surface area (Å²) in [6.07, 6.45) is 1.40. The van der Waals surface area contributed by atoms with E-state index in [1.165, 1.54) is 18.0 Å². The molecule has 0 spiro atoms. The minimum Gasteiger partial charge on any atom is -0.507 e. The number of amides is 1. The van der Waals surface area contributed by atoms with Crippen LogP contribution in [0.2, 0.25) is 0 Å². The summed E-state index contributed by atoms with van der Waals surface area (Å²) < 4.78 is 1.94. The van der Waals surface area contributed by atoms with Crippen LogP contribution in [0.25, 0.3) is 17.1 Å². The van der Waals surface area contributed by atoms with Gasteiger partial charge in [0.1, 0.15) is 5.75 Å². The number of phenolic OH excluding ortho intramolecular Hbond substituents is 1. The number of benzene rings is 3. The van der Waals surface area contributed by atoms with Crippen LogP contribution in [0.3, 0.4) is 0 Å². The molecule has 7 nitrogen and oxygen atoms in total. The molecule has 0 radical (unpaired) electrons. The lowest BCUT2D eigenvalue weighted by Crippen LogP contribution is -2.20. The predicted octanol–water partition coefficient (Wildman–Crippen LogP) is 4.19. The summed E-state index contributed by atoms with van der Waals surface area (Å²) in [5.74, 6) is 0.618. The van der Waals surface area contributed by atoms with Gasteiger partial charge in [-0.15, -0.1) is 10.2 Å². The zero-order valence-electron chi connectivity index (χ0n) is 17.3. The largest absolute Gasteiger partial charge is 0.507 e. The monoisotopic (exact) mass is 443 g/mol. The highest BCUT2D eigenvalue weighted by Gasteiger charge is 2.17. The van der Waals surface area contributed by atoms with E-state index in [-0.39, 0.29) is 17.4 Å². The SMILES string of the molecule is Cc1ccc(-n2c(SCC(=O)N/N=C/c3ccccc3O)nnc2-c2ccccc2)cc1. The minimum atomic E-state index is -0.290. The molecule has 1 amide bonds. The molecule has 160 valence electrons. The first kappa shape index (κ1) is 21.3. The molecule has 0 saturated carbocycles. The van der Waals surface area contributed by atoms with Crippen molar-refractivity contribution in [1.82, 2.24) is 20.2 Å². The van der Waals surface area contributed by atoms with Crippen LogP contribution in [0, 0.1) is 6.92 Å². The van der Waals surface area contributed by atoms with Crippen LogP contribution in [0.15, 0.2) is 89.1 Å². The number of hydrazone groups is 1. The molecule has 1 heterocycles. The van der Waals surface area contributed by atoms with E-state index in [0.717, 1.165) is 16.8 Å². The van der Waals surface area contributed by atoms with Gasteiger partial charge in [0, 0.05) is 16.8 Å². The number of carbonyl (C=O) groups is 1. The Hall–Kier alpha value is -3.91. The highest BCUT2D eigenvalue weighted by Crippen LogP contribution is 2.28. The number of carbonyl (C=O) groups excluding carboxylic acids is 1. The van der Waals surface area contributed by atoms with Gasteiger partial charge < -0.3 is 5.11 Å². The van der Waals surface area contributed by atoms with Crippen molar-refractivity contribution >= 4 is 23.9 Å². The van der Waals surface area contributed by atoms with Crippen molar-refractivity contribution in [3.63, 3.8) is 0 Å². The van der Waals surface area contributed by atoms with Gasteiger partial charge in [0.2, 0.25) is 0 Å². The van der Waals surface area contributed by atoms with E-state index in [1.807, 2.05) is 66.1 Å². The van der Waals surface area contributed by atoms with Crippen molar-refractivity contribution in [2.75, 3.05) is 5.75 Å². The number of hydrogen-bond donors (Lipinski definition) is 2. The number of thioether (sulfide) groups is 1. The van der Waals surface area contributed by atoms with E-state index in [9.17, 15) is 9.90 Å². The summed E-state index contributed by atoms with van der Waals surface area (Å²) in [4.78, 5) is 12.3. The van der Waals surface area contributed by atoms with Crippen molar-refractivity contribution in [3.05, 3.63) is 90.0 Å². The number of aromatic hydroxyl groups is 1.